The fourth-order valence-corrected chi connectivity index (χ4v) is 4.59. The molecule has 0 aliphatic heterocycles. The molecule has 0 aliphatic rings. The molecule has 0 unspecified atom stereocenters. The number of amides is 3. The summed E-state index contributed by atoms with van der Waals surface area (Å²) in [4.78, 5) is 42.7. The molecule has 11 nitrogen and oxygen atoms in total. The van der Waals surface area contributed by atoms with Crippen molar-refractivity contribution in [2.45, 2.75) is 45.9 Å². The van der Waals surface area contributed by atoms with Crippen molar-refractivity contribution in [2.75, 3.05) is 13.2 Å². The van der Waals surface area contributed by atoms with Crippen molar-refractivity contribution in [3.05, 3.63) is 77.8 Å². The van der Waals surface area contributed by atoms with Crippen LogP contribution in [0.4, 0.5) is 13.6 Å². The molecule has 0 saturated heterocycles. The number of hydrogen-bond donors (Lipinski definition) is 4. The lowest BCUT2D eigenvalue weighted by Crippen LogP contribution is -2.47. The summed E-state index contributed by atoms with van der Waals surface area (Å²) in [5.74, 6) is 2.65. The Morgan fingerprint density at radius 2 is 1.83 bits per heavy atom. The van der Waals surface area contributed by atoms with Gasteiger partial charge in [-0.05, 0) is 29.2 Å². The molecule has 1 aromatic heterocycles. The van der Waals surface area contributed by atoms with Crippen molar-refractivity contribution >= 4 is 17.9 Å². The predicted octanol–water partition coefficient (Wildman–Crippen LogP) is 2.63. The molecule has 3 aromatic rings. The van der Waals surface area contributed by atoms with Gasteiger partial charge in [0, 0.05) is 31.3 Å². The minimum Gasteiger partial charge on any atom is -0.436 e. The molecule has 41 heavy (non-hydrogen) atoms. The lowest BCUT2D eigenvalue weighted by Gasteiger charge is -2.40. The monoisotopic (exact) mass is 572 g/mol. The van der Waals surface area contributed by atoms with Gasteiger partial charge in [0.1, 0.15) is 24.1 Å². The Labute approximate surface area is 236 Å². The SMILES string of the molecule is CC(C)(C)[C@H](c1nc(-c2cc(F)ccc2F)cn1Cc1ccccc1)N(CC[C@H](OC(N)=O)C(=O)NN)C(=O)CO. The van der Waals surface area contributed by atoms with Crippen LogP contribution >= 0.6 is 0 Å². The summed E-state index contributed by atoms with van der Waals surface area (Å²) in [6.07, 6.45) is -1.28. The molecule has 3 amide bonds. The first-order chi connectivity index (χ1) is 19.3. The number of nitrogens with one attached hydrogen (secondary N) is 1. The second-order valence-corrected chi connectivity index (χ2v) is 10.5. The van der Waals surface area contributed by atoms with Crippen LogP contribution in [0.25, 0.3) is 11.3 Å². The Kier molecular flexibility index (Phi) is 10.1. The second kappa shape index (κ2) is 13.3. The van der Waals surface area contributed by atoms with E-state index in [1.807, 2.05) is 56.5 Å². The smallest absolute Gasteiger partial charge is 0.405 e. The fourth-order valence-electron chi connectivity index (χ4n) is 4.59. The molecule has 0 aliphatic carbocycles. The number of primary amides is 1. The summed E-state index contributed by atoms with van der Waals surface area (Å²) < 4.78 is 35.5. The van der Waals surface area contributed by atoms with Crippen LogP contribution in [0.5, 0.6) is 0 Å². The summed E-state index contributed by atoms with van der Waals surface area (Å²) in [7, 11) is 0. The van der Waals surface area contributed by atoms with E-state index in [2.05, 4.69) is 4.98 Å². The summed E-state index contributed by atoms with van der Waals surface area (Å²) in [5, 5.41) is 9.87. The first kappa shape index (κ1) is 31.2. The Balaban J connectivity index is 2.16. The standard InChI is InChI=1S/C28H34F2N6O5/c1-28(2,3)24(36(23(38)16-37)12-11-22(26(39)34-32)41-27(31)40)25-33-21(19-13-18(29)9-10-20(19)30)15-35(25)14-17-7-5-4-6-8-17/h4-10,13,15,22,24,37H,11-12,14,16,32H2,1-3H3,(H2,31,40)(H,34,39)/t22-,24-/m0/s1. The average Bonchev–Trinajstić information content (AvgIpc) is 3.32. The third-order valence-corrected chi connectivity index (χ3v) is 6.36. The van der Waals surface area contributed by atoms with Gasteiger partial charge in [-0.25, -0.2) is 24.4 Å². The van der Waals surface area contributed by atoms with E-state index >= 15 is 0 Å². The largest absolute Gasteiger partial charge is 0.436 e. The van der Waals surface area contributed by atoms with Crippen LogP contribution in [0.3, 0.4) is 0 Å². The molecule has 0 bridgehead atoms. The number of carbonyl (C=O) groups is 3. The number of hydrazine groups is 1. The van der Waals surface area contributed by atoms with Gasteiger partial charge in [-0.3, -0.25) is 15.0 Å². The number of ether oxygens (including phenoxy) is 1. The lowest BCUT2D eigenvalue weighted by molar-refractivity contribution is -0.141. The number of benzene rings is 2. The Hall–Kier alpha value is -4.36. The molecule has 2 aromatic carbocycles. The molecule has 1 heterocycles. The van der Waals surface area contributed by atoms with Crippen molar-refractivity contribution in [1.82, 2.24) is 19.9 Å². The van der Waals surface area contributed by atoms with Gasteiger partial charge in [0.2, 0.25) is 5.91 Å². The van der Waals surface area contributed by atoms with Gasteiger partial charge in [-0.2, -0.15) is 0 Å². The molecule has 0 saturated carbocycles. The van der Waals surface area contributed by atoms with Crippen molar-refractivity contribution in [2.24, 2.45) is 17.0 Å². The number of halogens is 2. The topological polar surface area (TPSA) is 166 Å². The first-order valence-electron chi connectivity index (χ1n) is 12.8. The Morgan fingerprint density at radius 1 is 1.15 bits per heavy atom. The van der Waals surface area contributed by atoms with Gasteiger partial charge in [0.15, 0.2) is 6.10 Å². The molecule has 0 spiro atoms. The molecule has 0 radical (unpaired) electrons. The molecule has 13 heteroatoms. The minimum atomic E-state index is -1.42. The number of rotatable bonds is 11. The number of imidazole rings is 1. The number of aliphatic hydroxyl groups excluding tert-OH is 1. The number of nitrogens with two attached hydrogens (primary N) is 2. The average molecular weight is 573 g/mol. The molecule has 3 rings (SSSR count). The highest BCUT2D eigenvalue weighted by Crippen LogP contribution is 2.39. The predicted molar refractivity (Wildman–Crippen MR) is 146 cm³/mol. The van der Waals surface area contributed by atoms with Gasteiger partial charge in [-0.15, -0.1) is 0 Å². The maximum Gasteiger partial charge on any atom is 0.405 e. The van der Waals surface area contributed by atoms with Gasteiger partial charge in [-0.1, -0.05) is 51.1 Å². The number of nitrogens with zero attached hydrogens (tertiary/aromatic N) is 3. The van der Waals surface area contributed by atoms with E-state index in [1.54, 1.807) is 10.8 Å². The maximum atomic E-state index is 14.8. The zero-order valence-electron chi connectivity index (χ0n) is 23.0. The lowest BCUT2D eigenvalue weighted by atomic mass is 9.84. The zero-order valence-corrected chi connectivity index (χ0v) is 23.0. The van der Waals surface area contributed by atoms with E-state index in [-0.39, 0.29) is 30.8 Å². The molecule has 6 N–H and O–H groups in total. The van der Waals surface area contributed by atoms with Gasteiger partial charge >= 0.3 is 6.09 Å². The maximum absolute atomic E-state index is 14.8. The van der Waals surface area contributed by atoms with E-state index in [0.717, 1.165) is 23.8 Å². The minimum absolute atomic E-state index is 0.0692. The Morgan fingerprint density at radius 3 is 2.41 bits per heavy atom. The summed E-state index contributed by atoms with van der Waals surface area (Å²) >= 11 is 0. The van der Waals surface area contributed by atoms with Crippen molar-refractivity contribution in [1.29, 1.82) is 0 Å². The quantitative estimate of drug-likeness (QED) is 0.156. The van der Waals surface area contributed by atoms with Crippen LogP contribution in [-0.2, 0) is 20.9 Å². The molecular formula is C28H34F2N6O5. The van der Waals surface area contributed by atoms with Gasteiger partial charge in [0.05, 0.1) is 11.7 Å². The highest BCUT2D eigenvalue weighted by atomic mass is 19.1. The third-order valence-electron chi connectivity index (χ3n) is 6.36. The molecular weight excluding hydrogens is 538 g/mol. The van der Waals surface area contributed by atoms with E-state index in [0.29, 0.717) is 5.82 Å². The summed E-state index contributed by atoms with van der Waals surface area (Å²) in [6, 6.07) is 11.5. The molecule has 220 valence electrons. The van der Waals surface area contributed by atoms with Crippen molar-refractivity contribution in [3.63, 3.8) is 0 Å². The van der Waals surface area contributed by atoms with Gasteiger partial charge in [0.25, 0.3) is 5.91 Å². The molecule has 2 atom stereocenters. The van der Waals surface area contributed by atoms with E-state index < -0.39 is 53.7 Å². The first-order valence-corrected chi connectivity index (χ1v) is 12.8. The summed E-state index contributed by atoms with van der Waals surface area (Å²) in [6.45, 7) is 4.73. The Bertz CT molecular complexity index is 1380. The van der Waals surface area contributed by atoms with Crippen molar-refractivity contribution in [3.8, 4) is 11.3 Å². The highest BCUT2D eigenvalue weighted by molar-refractivity contribution is 5.83. The molecule has 0 fully saturated rings. The van der Waals surface area contributed by atoms with Crippen LogP contribution in [-0.4, -0.2) is 56.7 Å². The number of aromatic nitrogens is 2. The van der Waals surface area contributed by atoms with E-state index in [9.17, 15) is 28.3 Å². The van der Waals surface area contributed by atoms with Gasteiger partial charge < -0.3 is 25.0 Å². The summed E-state index contributed by atoms with van der Waals surface area (Å²) in [5.41, 5.74) is 7.19. The van der Waals surface area contributed by atoms with Crippen molar-refractivity contribution < 1.29 is 33.0 Å². The number of aliphatic hydroxyl groups is 1. The fraction of sp³-hybridized carbons (Fsp3) is 0.357. The van der Waals surface area contributed by atoms with Crippen LogP contribution in [0.2, 0.25) is 0 Å². The second-order valence-electron chi connectivity index (χ2n) is 10.5. The number of carbonyl (C=O) groups excluding carboxylic acids is 3. The number of hydrogen-bond acceptors (Lipinski definition) is 7. The van der Waals surface area contributed by atoms with E-state index in [4.69, 9.17) is 16.3 Å². The zero-order chi connectivity index (χ0) is 30.3. The normalized spacial score (nSPS) is 12.9. The van der Waals surface area contributed by atoms with Crippen LogP contribution < -0.4 is 17.0 Å². The highest BCUT2D eigenvalue weighted by Gasteiger charge is 2.39. The van der Waals surface area contributed by atoms with Crippen LogP contribution in [0, 0.1) is 17.0 Å². The third kappa shape index (κ3) is 7.86. The van der Waals surface area contributed by atoms with Crippen LogP contribution in [0.15, 0.2) is 54.7 Å². The van der Waals surface area contributed by atoms with E-state index in [1.165, 1.54) is 4.90 Å². The van der Waals surface area contributed by atoms with Crippen LogP contribution in [0.1, 0.15) is 44.6 Å².